The van der Waals surface area contributed by atoms with Gasteiger partial charge in [0.05, 0.1) is 17.0 Å². The first-order valence-corrected chi connectivity index (χ1v) is 10.5. The Morgan fingerprint density at radius 2 is 1.93 bits per heavy atom. The van der Waals surface area contributed by atoms with E-state index in [1.807, 2.05) is 22.9 Å². The van der Waals surface area contributed by atoms with Crippen LogP contribution in [0.4, 0.5) is 22.0 Å². The lowest BCUT2D eigenvalue weighted by Crippen LogP contribution is -2.12. The largest absolute Gasteiger partial charge is 0.457 e. The Morgan fingerprint density at radius 1 is 1.10 bits per heavy atom. The van der Waals surface area contributed by atoms with Gasteiger partial charge in [0, 0.05) is 11.1 Å². The van der Waals surface area contributed by atoms with E-state index in [2.05, 4.69) is 25.3 Å². The van der Waals surface area contributed by atoms with Crippen molar-refractivity contribution in [2.45, 2.75) is 13.0 Å². The fraction of sp³-hybridized carbons (Fsp3) is 0.105. The highest BCUT2D eigenvalue weighted by molar-refractivity contribution is 7.20. The minimum atomic E-state index is -0.454. The fourth-order valence-corrected chi connectivity index (χ4v) is 4.10. The fourth-order valence-electron chi connectivity index (χ4n) is 2.47. The third-order valence-electron chi connectivity index (χ3n) is 3.77. The summed E-state index contributed by atoms with van der Waals surface area (Å²) in [6.45, 7) is -0.161. The number of anilines is 3. The molecule has 11 heteroatoms. The number of nitrogens with two attached hydrogens (primary N) is 1. The second kappa shape index (κ2) is 8.93. The maximum absolute atomic E-state index is 13.0. The van der Waals surface area contributed by atoms with Crippen molar-refractivity contribution in [3.05, 3.63) is 64.5 Å². The van der Waals surface area contributed by atoms with Gasteiger partial charge in [-0.25, -0.2) is 9.37 Å². The number of carbonyl (C=O) groups is 1. The van der Waals surface area contributed by atoms with Crippen LogP contribution < -0.4 is 11.1 Å². The maximum Gasteiger partial charge on any atom is 0.312 e. The molecule has 0 amide bonds. The molecule has 1 aromatic carbocycles. The second-order valence-corrected chi connectivity index (χ2v) is 7.83. The van der Waals surface area contributed by atoms with Crippen molar-refractivity contribution in [1.82, 2.24) is 19.9 Å². The molecule has 0 radical (unpaired) electrons. The number of carbonyl (C=O) groups excluding carboxylic acids is 1. The van der Waals surface area contributed by atoms with Crippen LogP contribution in [0.25, 0.3) is 9.88 Å². The molecule has 0 saturated heterocycles. The summed E-state index contributed by atoms with van der Waals surface area (Å²) in [6.07, 6.45) is 0.0448. The number of ether oxygens (including phenoxy) is 1. The molecule has 0 spiro atoms. The van der Waals surface area contributed by atoms with Gasteiger partial charge < -0.3 is 15.8 Å². The Bertz CT molecular complexity index is 1150. The van der Waals surface area contributed by atoms with Crippen LogP contribution in [0.1, 0.15) is 11.5 Å². The van der Waals surface area contributed by atoms with E-state index in [9.17, 15) is 9.18 Å². The van der Waals surface area contributed by atoms with Crippen LogP contribution in [-0.4, -0.2) is 25.9 Å². The van der Waals surface area contributed by atoms with Gasteiger partial charge in [-0.2, -0.15) is 15.0 Å². The molecule has 3 heterocycles. The Balaban J connectivity index is 1.35. The number of thiazole rings is 1. The predicted octanol–water partition coefficient (Wildman–Crippen LogP) is 3.81. The maximum atomic E-state index is 13.0. The minimum absolute atomic E-state index is 0.0271. The minimum Gasteiger partial charge on any atom is -0.457 e. The summed E-state index contributed by atoms with van der Waals surface area (Å²) in [5.74, 6) is -0.477. The number of nitrogens with one attached hydrogen (secondary N) is 1. The third-order valence-corrected chi connectivity index (χ3v) is 5.70. The molecule has 4 rings (SSSR count). The highest BCUT2D eigenvalue weighted by Crippen LogP contribution is 2.28. The van der Waals surface area contributed by atoms with Gasteiger partial charge in [0.25, 0.3) is 0 Å². The highest BCUT2D eigenvalue weighted by atomic mass is 32.1. The van der Waals surface area contributed by atoms with E-state index >= 15 is 0 Å². The molecule has 0 aliphatic rings. The zero-order chi connectivity index (χ0) is 20.9. The van der Waals surface area contributed by atoms with Gasteiger partial charge in [0.15, 0.2) is 12.4 Å². The van der Waals surface area contributed by atoms with Crippen LogP contribution in [0.15, 0.2) is 47.2 Å². The van der Waals surface area contributed by atoms with Crippen molar-refractivity contribution in [2.75, 3.05) is 11.1 Å². The normalized spacial score (nSPS) is 10.7. The van der Waals surface area contributed by atoms with Crippen LogP contribution in [0.5, 0.6) is 0 Å². The van der Waals surface area contributed by atoms with Gasteiger partial charge in [-0.1, -0.05) is 6.07 Å². The Morgan fingerprint density at radius 3 is 2.70 bits per heavy atom. The Kier molecular flexibility index (Phi) is 5.91. The molecule has 0 fully saturated rings. The lowest BCUT2D eigenvalue weighted by Gasteiger charge is -2.08. The average Bonchev–Trinajstić information content (AvgIpc) is 3.40. The number of hydrogen-bond acceptors (Lipinski definition) is 10. The molecule has 0 saturated carbocycles. The number of nitrogens with zero attached hydrogens (tertiary/aromatic N) is 4. The van der Waals surface area contributed by atoms with Crippen molar-refractivity contribution in [2.24, 2.45) is 0 Å². The Labute approximate surface area is 178 Å². The number of esters is 1. The van der Waals surface area contributed by atoms with E-state index in [1.54, 1.807) is 11.3 Å². The molecule has 30 heavy (non-hydrogen) atoms. The molecule has 0 unspecified atom stereocenters. The summed E-state index contributed by atoms with van der Waals surface area (Å²) in [5, 5.41) is 7.58. The quantitative estimate of drug-likeness (QED) is 0.415. The molecular formula is C19H15FN6O2S2. The third kappa shape index (κ3) is 5.13. The molecule has 3 aromatic heterocycles. The zero-order valence-corrected chi connectivity index (χ0v) is 17.0. The van der Waals surface area contributed by atoms with Crippen molar-refractivity contribution < 1.29 is 13.9 Å². The first-order chi connectivity index (χ1) is 14.5. The van der Waals surface area contributed by atoms with Crippen LogP contribution in [0, 0.1) is 5.82 Å². The summed E-state index contributed by atoms with van der Waals surface area (Å²) in [4.78, 5) is 29.8. The Hall–Kier alpha value is -3.44. The van der Waals surface area contributed by atoms with Crippen LogP contribution in [-0.2, 0) is 22.6 Å². The lowest BCUT2D eigenvalue weighted by molar-refractivity contribution is -0.144. The molecule has 152 valence electrons. The first-order valence-electron chi connectivity index (χ1n) is 8.72. The van der Waals surface area contributed by atoms with Gasteiger partial charge in [-0.3, -0.25) is 4.79 Å². The predicted molar refractivity (Wildman–Crippen MR) is 113 cm³/mol. The van der Waals surface area contributed by atoms with Crippen LogP contribution in [0.2, 0.25) is 0 Å². The monoisotopic (exact) mass is 442 g/mol. The van der Waals surface area contributed by atoms with E-state index in [0.717, 1.165) is 9.88 Å². The molecule has 0 aliphatic carbocycles. The highest BCUT2D eigenvalue weighted by Gasteiger charge is 2.12. The summed E-state index contributed by atoms with van der Waals surface area (Å²) >= 11 is 3.07. The molecule has 8 nitrogen and oxygen atoms in total. The number of halogens is 1. The van der Waals surface area contributed by atoms with Crippen LogP contribution in [0.3, 0.4) is 0 Å². The van der Waals surface area contributed by atoms with Crippen molar-refractivity contribution in [1.29, 1.82) is 0 Å². The van der Waals surface area contributed by atoms with E-state index in [4.69, 9.17) is 10.5 Å². The number of benzene rings is 1. The standard InChI is InChI=1S/C19H15FN6O2S2/c20-11-3-5-12(6-4-11)23-19-25-15(24-18(21)26-19)9-28-16(27)8-13-10-30-17(22-13)14-2-1-7-29-14/h1-7,10H,8-9H2,(H3,21,23,24,25,26). The number of rotatable bonds is 7. The number of thiophene rings is 1. The average molecular weight is 443 g/mol. The van der Waals surface area contributed by atoms with Gasteiger partial charge >= 0.3 is 5.97 Å². The van der Waals surface area contributed by atoms with Crippen molar-refractivity contribution >= 4 is 46.2 Å². The van der Waals surface area contributed by atoms with E-state index in [-0.39, 0.29) is 36.6 Å². The second-order valence-electron chi connectivity index (χ2n) is 6.02. The molecule has 3 N–H and O–H groups in total. The summed E-state index contributed by atoms with van der Waals surface area (Å²) in [6, 6.07) is 9.61. The number of aromatic nitrogens is 4. The van der Waals surface area contributed by atoms with E-state index in [1.165, 1.54) is 35.6 Å². The van der Waals surface area contributed by atoms with E-state index < -0.39 is 5.97 Å². The summed E-state index contributed by atoms with van der Waals surface area (Å²) < 4.78 is 18.3. The molecule has 0 aliphatic heterocycles. The number of nitrogen functional groups attached to an aromatic ring is 1. The summed E-state index contributed by atoms with van der Waals surface area (Å²) in [5.41, 5.74) is 6.93. The van der Waals surface area contributed by atoms with Gasteiger partial charge in [0.2, 0.25) is 11.9 Å². The van der Waals surface area contributed by atoms with Crippen molar-refractivity contribution in [3.8, 4) is 9.88 Å². The number of hydrogen-bond donors (Lipinski definition) is 2. The lowest BCUT2D eigenvalue weighted by atomic mass is 10.3. The van der Waals surface area contributed by atoms with Crippen molar-refractivity contribution in [3.63, 3.8) is 0 Å². The molecular weight excluding hydrogens is 427 g/mol. The zero-order valence-electron chi connectivity index (χ0n) is 15.4. The van der Waals surface area contributed by atoms with Gasteiger partial charge in [-0.05, 0) is 35.7 Å². The van der Waals surface area contributed by atoms with Gasteiger partial charge in [0.1, 0.15) is 10.8 Å². The first kappa shape index (κ1) is 19.9. The molecule has 0 atom stereocenters. The molecule has 4 aromatic rings. The topological polar surface area (TPSA) is 116 Å². The van der Waals surface area contributed by atoms with E-state index in [0.29, 0.717) is 11.4 Å². The van der Waals surface area contributed by atoms with Gasteiger partial charge in [-0.15, -0.1) is 22.7 Å². The molecule has 0 bridgehead atoms. The van der Waals surface area contributed by atoms with Crippen LogP contribution >= 0.6 is 22.7 Å². The summed E-state index contributed by atoms with van der Waals surface area (Å²) in [7, 11) is 0. The SMILES string of the molecule is Nc1nc(COC(=O)Cc2csc(-c3cccs3)n2)nc(Nc2ccc(F)cc2)n1. The smallest absolute Gasteiger partial charge is 0.312 e.